The van der Waals surface area contributed by atoms with Gasteiger partial charge < -0.3 is 9.84 Å². The molecule has 3 heteroatoms. The summed E-state index contributed by atoms with van der Waals surface area (Å²) in [5.41, 5.74) is 1.31. The molecule has 3 atom stereocenters. The first kappa shape index (κ1) is 14.2. The molecule has 1 N–H and O–H groups in total. The van der Waals surface area contributed by atoms with Crippen molar-refractivity contribution in [3.05, 3.63) is 35.9 Å². The molecular formula is C16H22O3. The van der Waals surface area contributed by atoms with Gasteiger partial charge in [0.15, 0.2) is 0 Å². The minimum absolute atomic E-state index is 0.0240. The molecule has 0 bridgehead atoms. The van der Waals surface area contributed by atoms with Gasteiger partial charge in [-0.25, -0.2) is 0 Å². The van der Waals surface area contributed by atoms with Crippen molar-refractivity contribution in [2.75, 3.05) is 13.7 Å². The van der Waals surface area contributed by atoms with Crippen LogP contribution < -0.4 is 0 Å². The van der Waals surface area contributed by atoms with E-state index in [9.17, 15) is 9.90 Å². The van der Waals surface area contributed by atoms with Crippen molar-refractivity contribution in [3.8, 4) is 0 Å². The van der Waals surface area contributed by atoms with E-state index < -0.39 is 6.10 Å². The molecule has 0 heterocycles. The fraction of sp³-hybridized carbons (Fsp3) is 0.562. The molecule has 0 radical (unpaired) electrons. The number of rotatable bonds is 5. The van der Waals surface area contributed by atoms with Crippen LogP contribution in [0.25, 0.3) is 0 Å². The Morgan fingerprint density at radius 1 is 1.37 bits per heavy atom. The van der Waals surface area contributed by atoms with Gasteiger partial charge in [-0.1, -0.05) is 30.3 Å². The zero-order valence-corrected chi connectivity index (χ0v) is 11.4. The van der Waals surface area contributed by atoms with E-state index in [4.69, 9.17) is 4.74 Å². The molecule has 1 aromatic carbocycles. The first-order chi connectivity index (χ1) is 9.20. The molecule has 1 aliphatic carbocycles. The molecule has 3 unspecified atom stereocenters. The number of aliphatic hydroxyl groups excluding tert-OH is 1. The molecule has 1 fully saturated rings. The summed E-state index contributed by atoms with van der Waals surface area (Å²) in [4.78, 5) is 12.0. The van der Waals surface area contributed by atoms with E-state index in [-0.39, 0.29) is 5.92 Å². The Morgan fingerprint density at radius 3 is 2.79 bits per heavy atom. The highest BCUT2D eigenvalue weighted by Crippen LogP contribution is 2.36. The topological polar surface area (TPSA) is 46.5 Å². The fourth-order valence-corrected chi connectivity index (χ4v) is 2.96. The van der Waals surface area contributed by atoms with Crippen LogP contribution in [0.2, 0.25) is 0 Å². The molecule has 1 aromatic rings. The molecule has 0 saturated heterocycles. The number of aliphatic hydroxyl groups is 1. The number of carbonyl (C=O) groups is 1. The van der Waals surface area contributed by atoms with Crippen molar-refractivity contribution < 1.29 is 14.6 Å². The van der Waals surface area contributed by atoms with Gasteiger partial charge >= 0.3 is 0 Å². The van der Waals surface area contributed by atoms with Gasteiger partial charge in [0.05, 0.1) is 12.7 Å². The normalized spacial score (nSPS) is 25.3. The summed E-state index contributed by atoms with van der Waals surface area (Å²) >= 11 is 0. The maximum atomic E-state index is 12.0. The average molecular weight is 262 g/mol. The largest absolute Gasteiger partial charge is 0.391 e. The van der Waals surface area contributed by atoms with Crippen LogP contribution in [0.3, 0.4) is 0 Å². The Hall–Kier alpha value is -1.19. The summed E-state index contributed by atoms with van der Waals surface area (Å²) in [6, 6.07) is 10.4. The summed E-state index contributed by atoms with van der Waals surface area (Å²) in [5.74, 6) is 0.713. The lowest BCUT2D eigenvalue weighted by Gasteiger charge is -2.29. The lowest BCUT2D eigenvalue weighted by atomic mass is 9.75. The summed E-state index contributed by atoms with van der Waals surface area (Å²) in [6.45, 7) is 0.305. The van der Waals surface area contributed by atoms with E-state index >= 15 is 0 Å². The van der Waals surface area contributed by atoms with Crippen LogP contribution in [-0.4, -0.2) is 30.7 Å². The first-order valence-electron chi connectivity index (χ1n) is 6.95. The number of hydrogen-bond donors (Lipinski definition) is 1. The van der Waals surface area contributed by atoms with Crippen LogP contribution in [0.4, 0.5) is 0 Å². The predicted octanol–water partition coefficient (Wildman–Crippen LogP) is 2.54. The SMILES string of the molecule is COCC(O)CC1CC(c2ccccc2)CCC1=O. The van der Waals surface area contributed by atoms with Crippen molar-refractivity contribution in [1.29, 1.82) is 0 Å². The van der Waals surface area contributed by atoms with Gasteiger partial charge in [-0.3, -0.25) is 4.79 Å². The molecule has 0 amide bonds. The van der Waals surface area contributed by atoms with Crippen molar-refractivity contribution in [1.82, 2.24) is 0 Å². The monoisotopic (exact) mass is 262 g/mol. The van der Waals surface area contributed by atoms with Gasteiger partial charge in [-0.15, -0.1) is 0 Å². The second-order valence-corrected chi connectivity index (χ2v) is 5.39. The lowest BCUT2D eigenvalue weighted by Crippen LogP contribution is -2.29. The number of hydrogen-bond acceptors (Lipinski definition) is 3. The highest BCUT2D eigenvalue weighted by Gasteiger charge is 2.30. The first-order valence-corrected chi connectivity index (χ1v) is 6.95. The highest BCUT2D eigenvalue weighted by molar-refractivity contribution is 5.82. The van der Waals surface area contributed by atoms with Crippen LogP contribution in [0.15, 0.2) is 30.3 Å². The smallest absolute Gasteiger partial charge is 0.136 e. The number of benzene rings is 1. The Morgan fingerprint density at radius 2 is 2.11 bits per heavy atom. The quantitative estimate of drug-likeness (QED) is 0.887. The average Bonchev–Trinajstić information content (AvgIpc) is 2.42. The molecule has 3 nitrogen and oxygen atoms in total. The second-order valence-electron chi connectivity index (χ2n) is 5.39. The van der Waals surface area contributed by atoms with E-state index in [0.717, 1.165) is 12.8 Å². The van der Waals surface area contributed by atoms with E-state index in [1.165, 1.54) is 5.56 Å². The number of Topliss-reactive ketones (excluding diaryl/α,β-unsaturated/α-hetero) is 1. The number of methoxy groups -OCH3 is 1. The lowest BCUT2D eigenvalue weighted by molar-refractivity contribution is -0.126. The molecule has 1 aliphatic rings. The highest BCUT2D eigenvalue weighted by atomic mass is 16.5. The third kappa shape index (κ3) is 3.88. The number of ether oxygens (including phenoxy) is 1. The molecule has 0 aromatic heterocycles. The van der Waals surface area contributed by atoms with E-state index in [1.807, 2.05) is 18.2 Å². The van der Waals surface area contributed by atoms with Gasteiger partial charge in [0.1, 0.15) is 5.78 Å². The van der Waals surface area contributed by atoms with Crippen LogP contribution in [0.5, 0.6) is 0 Å². The Labute approximate surface area is 114 Å². The van der Waals surface area contributed by atoms with Gasteiger partial charge in [0.2, 0.25) is 0 Å². The van der Waals surface area contributed by atoms with Crippen molar-refractivity contribution in [2.45, 2.75) is 37.7 Å². The second kappa shape index (κ2) is 6.83. The van der Waals surface area contributed by atoms with Crippen LogP contribution >= 0.6 is 0 Å². The summed E-state index contributed by atoms with van der Waals surface area (Å²) in [6.07, 6.45) is 2.40. The van der Waals surface area contributed by atoms with Crippen LogP contribution in [0, 0.1) is 5.92 Å². The fourth-order valence-electron chi connectivity index (χ4n) is 2.96. The Bertz CT molecular complexity index is 402. The maximum Gasteiger partial charge on any atom is 0.136 e. The van der Waals surface area contributed by atoms with Crippen molar-refractivity contribution in [3.63, 3.8) is 0 Å². The van der Waals surface area contributed by atoms with Gasteiger partial charge in [-0.05, 0) is 30.7 Å². The minimum atomic E-state index is -0.534. The molecule has 19 heavy (non-hydrogen) atoms. The van der Waals surface area contributed by atoms with Crippen LogP contribution in [-0.2, 0) is 9.53 Å². The van der Waals surface area contributed by atoms with E-state index in [0.29, 0.717) is 31.1 Å². The van der Waals surface area contributed by atoms with Crippen molar-refractivity contribution in [2.24, 2.45) is 5.92 Å². The number of ketones is 1. The van der Waals surface area contributed by atoms with E-state index in [1.54, 1.807) is 7.11 Å². The van der Waals surface area contributed by atoms with Crippen molar-refractivity contribution >= 4 is 5.78 Å². The summed E-state index contributed by atoms with van der Waals surface area (Å²) in [5, 5.41) is 9.80. The zero-order valence-electron chi connectivity index (χ0n) is 11.4. The van der Waals surface area contributed by atoms with Gasteiger partial charge in [0.25, 0.3) is 0 Å². The Kier molecular flexibility index (Phi) is 5.11. The standard InChI is InChI=1S/C16H22O3/c1-19-11-15(17)10-14-9-13(7-8-16(14)18)12-5-3-2-4-6-12/h2-6,13-15,17H,7-11H2,1H3. The molecule has 104 valence electrons. The van der Waals surface area contributed by atoms with E-state index in [2.05, 4.69) is 12.1 Å². The number of carbonyl (C=O) groups excluding carboxylic acids is 1. The molecule has 2 rings (SSSR count). The maximum absolute atomic E-state index is 12.0. The molecular weight excluding hydrogens is 240 g/mol. The van der Waals surface area contributed by atoms with Gasteiger partial charge in [-0.2, -0.15) is 0 Å². The third-order valence-corrected chi connectivity index (χ3v) is 3.95. The summed E-state index contributed by atoms with van der Waals surface area (Å²) < 4.78 is 4.93. The zero-order chi connectivity index (χ0) is 13.7. The van der Waals surface area contributed by atoms with Gasteiger partial charge in [0, 0.05) is 19.4 Å². The minimum Gasteiger partial charge on any atom is -0.391 e. The predicted molar refractivity (Wildman–Crippen MR) is 74.0 cm³/mol. The Balaban J connectivity index is 1.98. The molecule has 1 saturated carbocycles. The summed E-state index contributed by atoms with van der Waals surface area (Å²) in [7, 11) is 1.57. The molecule has 0 spiro atoms. The third-order valence-electron chi connectivity index (χ3n) is 3.95. The molecule has 0 aliphatic heterocycles. The van der Waals surface area contributed by atoms with Crippen LogP contribution in [0.1, 0.15) is 37.2 Å².